The minimum atomic E-state index is 0.950. The van der Waals surface area contributed by atoms with Gasteiger partial charge in [0.05, 0.1) is 0 Å². The first-order valence-electron chi connectivity index (χ1n) is 6.58. The van der Waals surface area contributed by atoms with Crippen molar-refractivity contribution in [1.29, 1.82) is 0 Å². The molecule has 0 aliphatic heterocycles. The van der Waals surface area contributed by atoms with Gasteiger partial charge in [-0.1, -0.05) is 49.4 Å². The van der Waals surface area contributed by atoms with E-state index in [0.717, 1.165) is 13.1 Å². The quantitative estimate of drug-likeness (QED) is 0.847. The normalized spacial score (nSPS) is 10.6. The monoisotopic (exact) mass is 239 g/mol. The standard InChI is InChI=1S/C17H21N/c1-4-18-12-15-9-10-17(14(3)11-15)16-8-6-5-7-13(16)2/h5-11,18H,4,12H2,1-3H3. The summed E-state index contributed by atoms with van der Waals surface area (Å²) in [7, 11) is 0. The Morgan fingerprint density at radius 3 is 2.28 bits per heavy atom. The number of benzene rings is 2. The van der Waals surface area contributed by atoms with Gasteiger partial charge in [0.1, 0.15) is 0 Å². The molecule has 2 aromatic carbocycles. The number of aryl methyl sites for hydroxylation is 2. The molecule has 0 spiro atoms. The van der Waals surface area contributed by atoms with E-state index in [1.165, 1.54) is 27.8 Å². The highest BCUT2D eigenvalue weighted by atomic mass is 14.8. The van der Waals surface area contributed by atoms with Crippen LogP contribution in [0.2, 0.25) is 0 Å². The van der Waals surface area contributed by atoms with Gasteiger partial charge in [-0.15, -0.1) is 0 Å². The summed E-state index contributed by atoms with van der Waals surface area (Å²) in [5.41, 5.74) is 6.71. The average molecular weight is 239 g/mol. The van der Waals surface area contributed by atoms with Crippen LogP contribution in [0.1, 0.15) is 23.6 Å². The van der Waals surface area contributed by atoms with Gasteiger partial charge in [0.15, 0.2) is 0 Å². The van der Waals surface area contributed by atoms with Gasteiger partial charge in [0.2, 0.25) is 0 Å². The van der Waals surface area contributed by atoms with E-state index in [9.17, 15) is 0 Å². The molecule has 94 valence electrons. The summed E-state index contributed by atoms with van der Waals surface area (Å²) in [6.07, 6.45) is 0. The average Bonchev–Trinajstić information content (AvgIpc) is 2.38. The van der Waals surface area contributed by atoms with Crippen LogP contribution in [0.25, 0.3) is 11.1 Å². The van der Waals surface area contributed by atoms with Gasteiger partial charge >= 0.3 is 0 Å². The van der Waals surface area contributed by atoms with Crippen LogP contribution in [0.3, 0.4) is 0 Å². The third-order valence-electron chi connectivity index (χ3n) is 3.31. The lowest BCUT2D eigenvalue weighted by molar-refractivity contribution is 0.726. The van der Waals surface area contributed by atoms with Gasteiger partial charge in [-0.3, -0.25) is 0 Å². The van der Waals surface area contributed by atoms with Crippen LogP contribution in [0.5, 0.6) is 0 Å². The van der Waals surface area contributed by atoms with E-state index >= 15 is 0 Å². The largest absolute Gasteiger partial charge is 0.313 e. The van der Waals surface area contributed by atoms with Crippen molar-refractivity contribution >= 4 is 0 Å². The lowest BCUT2D eigenvalue weighted by Gasteiger charge is -2.11. The summed E-state index contributed by atoms with van der Waals surface area (Å²) in [5.74, 6) is 0. The van der Waals surface area contributed by atoms with Crippen LogP contribution >= 0.6 is 0 Å². The molecular formula is C17H21N. The molecule has 0 radical (unpaired) electrons. The molecule has 0 atom stereocenters. The SMILES string of the molecule is CCNCc1ccc(-c2ccccc2C)c(C)c1. The maximum atomic E-state index is 3.36. The van der Waals surface area contributed by atoms with Gasteiger partial charge in [-0.25, -0.2) is 0 Å². The van der Waals surface area contributed by atoms with Crippen molar-refractivity contribution in [2.45, 2.75) is 27.3 Å². The van der Waals surface area contributed by atoms with Crippen LogP contribution in [0.15, 0.2) is 42.5 Å². The van der Waals surface area contributed by atoms with Gasteiger partial charge < -0.3 is 5.32 Å². The molecule has 1 heteroatoms. The molecule has 0 bridgehead atoms. The number of nitrogens with one attached hydrogen (secondary N) is 1. The highest BCUT2D eigenvalue weighted by Gasteiger charge is 2.05. The zero-order valence-electron chi connectivity index (χ0n) is 11.5. The van der Waals surface area contributed by atoms with E-state index in [1.807, 2.05) is 0 Å². The van der Waals surface area contributed by atoms with Crippen molar-refractivity contribution in [1.82, 2.24) is 5.32 Å². The topological polar surface area (TPSA) is 12.0 Å². The molecule has 0 unspecified atom stereocenters. The van der Waals surface area contributed by atoms with Gasteiger partial charge in [0.25, 0.3) is 0 Å². The lowest BCUT2D eigenvalue weighted by Crippen LogP contribution is -2.11. The first kappa shape index (κ1) is 12.8. The Kier molecular flexibility index (Phi) is 4.16. The molecule has 0 fully saturated rings. The second kappa shape index (κ2) is 5.83. The summed E-state index contributed by atoms with van der Waals surface area (Å²) >= 11 is 0. The van der Waals surface area contributed by atoms with Crippen molar-refractivity contribution in [3.8, 4) is 11.1 Å². The Morgan fingerprint density at radius 2 is 1.61 bits per heavy atom. The van der Waals surface area contributed by atoms with Crippen molar-refractivity contribution in [2.24, 2.45) is 0 Å². The maximum Gasteiger partial charge on any atom is 0.0205 e. The number of rotatable bonds is 4. The third kappa shape index (κ3) is 2.80. The summed E-state index contributed by atoms with van der Waals surface area (Å²) in [5, 5.41) is 3.36. The predicted molar refractivity (Wildman–Crippen MR) is 78.7 cm³/mol. The summed E-state index contributed by atoms with van der Waals surface area (Å²) < 4.78 is 0. The highest BCUT2D eigenvalue weighted by molar-refractivity contribution is 5.70. The maximum absolute atomic E-state index is 3.36. The minimum Gasteiger partial charge on any atom is -0.313 e. The second-order valence-corrected chi connectivity index (χ2v) is 4.74. The van der Waals surface area contributed by atoms with Crippen molar-refractivity contribution < 1.29 is 0 Å². The first-order chi connectivity index (χ1) is 8.72. The molecule has 0 aliphatic carbocycles. The minimum absolute atomic E-state index is 0.950. The fourth-order valence-electron chi connectivity index (χ4n) is 2.28. The van der Waals surface area contributed by atoms with Crippen LogP contribution in [0, 0.1) is 13.8 Å². The van der Waals surface area contributed by atoms with E-state index in [0.29, 0.717) is 0 Å². The van der Waals surface area contributed by atoms with Crippen LogP contribution in [-0.2, 0) is 6.54 Å². The Hall–Kier alpha value is -1.60. The molecule has 2 rings (SSSR count). The van der Waals surface area contributed by atoms with Crippen LogP contribution < -0.4 is 5.32 Å². The zero-order valence-corrected chi connectivity index (χ0v) is 11.5. The summed E-state index contributed by atoms with van der Waals surface area (Å²) in [6, 6.07) is 15.3. The van der Waals surface area contributed by atoms with E-state index in [4.69, 9.17) is 0 Å². The first-order valence-corrected chi connectivity index (χ1v) is 6.58. The highest BCUT2D eigenvalue weighted by Crippen LogP contribution is 2.27. The molecule has 0 amide bonds. The molecule has 0 aliphatic rings. The molecule has 0 saturated carbocycles. The molecule has 0 heterocycles. The summed E-state index contributed by atoms with van der Waals surface area (Å²) in [6.45, 7) is 8.46. The molecule has 0 aromatic heterocycles. The Bertz CT molecular complexity index is 529. The zero-order chi connectivity index (χ0) is 13.0. The second-order valence-electron chi connectivity index (χ2n) is 4.74. The predicted octanol–water partition coefficient (Wildman–Crippen LogP) is 4.08. The van der Waals surface area contributed by atoms with Gasteiger partial charge in [-0.2, -0.15) is 0 Å². The van der Waals surface area contributed by atoms with Crippen molar-refractivity contribution in [3.05, 3.63) is 59.2 Å². The Labute approximate surface area is 110 Å². The van der Waals surface area contributed by atoms with Crippen molar-refractivity contribution in [3.63, 3.8) is 0 Å². The van der Waals surface area contributed by atoms with E-state index < -0.39 is 0 Å². The van der Waals surface area contributed by atoms with Crippen LogP contribution in [0.4, 0.5) is 0 Å². The molecule has 2 aromatic rings. The van der Waals surface area contributed by atoms with Gasteiger partial charge in [-0.05, 0) is 48.2 Å². The molecule has 18 heavy (non-hydrogen) atoms. The van der Waals surface area contributed by atoms with E-state index in [1.54, 1.807) is 0 Å². The smallest absolute Gasteiger partial charge is 0.0205 e. The number of hydrogen-bond acceptors (Lipinski definition) is 1. The Morgan fingerprint density at radius 1 is 0.889 bits per heavy atom. The third-order valence-corrected chi connectivity index (χ3v) is 3.31. The van der Waals surface area contributed by atoms with E-state index in [-0.39, 0.29) is 0 Å². The molecule has 1 N–H and O–H groups in total. The molecular weight excluding hydrogens is 218 g/mol. The fraction of sp³-hybridized carbons (Fsp3) is 0.294. The fourth-order valence-corrected chi connectivity index (χ4v) is 2.28. The van der Waals surface area contributed by atoms with Crippen molar-refractivity contribution in [2.75, 3.05) is 6.54 Å². The summed E-state index contributed by atoms with van der Waals surface area (Å²) in [4.78, 5) is 0. The lowest BCUT2D eigenvalue weighted by atomic mass is 9.95. The van der Waals surface area contributed by atoms with E-state index in [2.05, 4.69) is 68.6 Å². The molecule has 0 saturated heterocycles. The van der Waals surface area contributed by atoms with Crippen LogP contribution in [-0.4, -0.2) is 6.54 Å². The molecule has 1 nitrogen and oxygen atoms in total. The van der Waals surface area contributed by atoms with Gasteiger partial charge in [0, 0.05) is 6.54 Å². The Balaban J connectivity index is 2.33. The number of hydrogen-bond donors (Lipinski definition) is 1.